The van der Waals surface area contributed by atoms with Crippen molar-refractivity contribution in [3.8, 4) is 10.4 Å². The number of aromatic nitrogens is 3. The third-order valence-corrected chi connectivity index (χ3v) is 5.68. The zero-order valence-corrected chi connectivity index (χ0v) is 18.3. The predicted octanol–water partition coefficient (Wildman–Crippen LogP) is 3.82. The van der Waals surface area contributed by atoms with E-state index in [2.05, 4.69) is 25.6 Å². The lowest BCUT2D eigenvalue weighted by atomic mass is 10.1. The number of ether oxygens (including phenoxy) is 2. The van der Waals surface area contributed by atoms with E-state index in [0.717, 1.165) is 28.3 Å². The van der Waals surface area contributed by atoms with Gasteiger partial charge in [-0.2, -0.15) is 13.2 Å². The Balaban J connectivity index is 1.47. The molecule has 1 aliphatic rings. The molecule has 2 aromatic heterocycles. The highest BCUT2D eigenvalue weighted by Gasteiger charge is 2.32. The van der Waals surface area contributed by atoms with Gasteiger partial charge in [-0.1, -0.05) is 6.07 Å². The van der Waals surface area contributed by atoms with E-state index in [1.165, 1.54) is 11.3 Å². The summed E-state index contributed by atoms with van der Waals surface area (Å²) in [4.78, 5) is 24.8. The number of nitrogens with one attached hydrogen (secondary N) is 2. The molecule has 3 aromatic rings. The summed E-state index contributed by atoms with van der Waals surface area (Å²) >= 11 is 1.21. The second-order valence-corrected chi connectivity index (χ2v) is 8.31. The quantitative estimate of drug-likeness (QED) is 0.555. The standard InChI is InChI=1S/C21H20F3N5O3S/c1-12-6-13(8-14(7-12)28-20-25-3-2-17(29-20)21(22,23)24)16-10-27-19(33-16)18(30)26-9-15-11-31-4-5-32-15/h2-3,6-8,10,15H,4-5,9,11H2,1H3,(H,26,30)(H,25,28,29). The fraction of sp³-hybridized carbons (Fsp3) is 0.333. The van der Waals surface area contributed by atoms with Gasteiger partial charge < -0.3 is 20.1 Å². The van der Waals surface area contributed by atoms with Gasteiger partial charge in [0.1, 0.15) is 5.69 Å². The number of thiazole rings is 1. The summed E-state index contributed by atoms with van der Waals surface area (Å²) in [6.45, 7) is 3.65. The van der Waals surface area contributed by atoms with Crippen molar-refractivity contribution in [3.63, 3.8) is 0 Å². The highest BCUT2D eigenvalue weighted by atomic mass is 32.1. The van der Waals surface area contributed by atoms with Crippen LogP contribution in [0.25, 0.3) is 10.4 Å². The van der Waals surface area contributed by atoms with E-state index in [1.54, 1.807) is 18.3 Å². The van der Waals surface area contributed by atoms with Crippen LogP contribution in [0.2, 0.25) is 0 Å². The number of rotatable bonds is 6. The first-order chi connectivity index (χ1) is 15.8. The van der Waals surface area contributed by atoms with Gasteiger partial charge >= 0.3 is 6.18 Å². The molecule has 1 amide bonds. The van der Waals surface area contributed by atoms with Gasteiger partial charge in [0.2, 0.25) is 5.95 Å². The van der Waals surface area contributed by atoms with Crippen LogP contribution in [0.1, 0.15) is 21.1 Å². The number of anilines is 2. The summed E-state index contributed by atoms with van der Waals surface area (Å²) in [7, 11) is 0. The molecule has 0 aliphatic carbocycles. The van der Waals surface area contributed by atoms with Crippen LogP contribution in [0.3, 0.4) is 0 Å². The minimum Gasteiger partial charge on any atom is -0.376 e. The molecule has 1 aromatic carbocycles. The molecule has 0 saturated carbocycles. The summed E-state index contributed by atoms with van der Waals surface area (Å²) in [5.41, 5.74) is 1.09. The Kier molecular flexibility index (Phi) is 6.86. The number of halogens is 3. The number of alkyl halides is 3. The molecule has 0 bridgehead atoms. The van der Waals surface area contributed by atoms with Crippen LogP contribution in [0, 0.1) is 6.92 Å². The van der Waals surface area contributed by atoms with Crippen LogP contribution < -0.4 is 10.6 Å². The molecule has 3 heterocycles. The summed E-state index contributed by atoms with van der Waals surface area (Å²) in [5.74, 6) is -0.483. The Bertz CT molecular complexity index is 1130. The van der Waals surface area contributed by atoms with Crippen molar-refractivity contribution in [2.75, 3.05) is 31.7 Å². The van der Waals surface area contributed by atoms with Gasteiger partial charge in [-0.05, 0) is 36.2 Å². The van der Waals surface area contributed by atoms with Crippen LogP contribution in [-0.4, -0.2) is 53.3 Å². The third kappa shape index (κ3) is 6.03. The van der Waals surface area contributed by atoms with Crippen molar-refractivity contribution in [1.82, 2.24) is 20.3 Å². The smallest absolute Gasteiger partial charge is 0.376 e. The lowest BCUT2D eigenvalue weighted by Gasteiger charge is -2.22. The largest absolute Gasteiger partial charge is 0.433 e. The van der Waals surface area contributed by atoms with E-state index < -0.39 is 11.9 Å². The molecular formula is C21H20F3N5O3S. The Morgan fingerprint density at radius 3 is 2.85 bits per heavy atom. The molecule has 33 heavy (non-hydrogen) atoms. The highest BCUT2D eigenvalue weighted by molar-refractivity contribution is 7.17. The van der Waals surface area contributed by atoms with Crippen LogP contribution in [0.15, 0.2) is 36.7 Å². The van der Waals surface area contributed by atoms with Crippen LogP contribution >= 0.6 is 11.3 Å². The zero-order chi connectivity index (χ0) is 23.4. The van der Waals surface area contributed by atoms with E-state index in [4.69, 9.17) is 9.47 Å². The molecular weight excluding hydrogens is 459 g/mol. The SMILES string of the molecule is Cc1cc(Nc2nccc(C(F)(F)F)n2)cc(-c2cnc(C(=O)NCC3COCCO3)s2)c1. The molecule has 2 N–H and O–H groups in total. The van der Waals surface area contributed by atoms with Gasteiger partial charge in [0.25, 0.3) is 5.91 Å². The fourth-order valence-electron chi connectivity index (χ4n) is 3.15. The Hall–Kier alpha value is -3.09. The Morgan fingerprint density at radius 2 is 2.09 bits per heavy atom. The number of hydrogen-bond donors (Lipinski definition) is 2. The molecule has 8 nitrogen and oxygen atoms in total. The summed E-state index contributed by atoms with van der Waals surface area (Å²) in [6, 6.07) is 6.19. The second kappa shape index (κ2) is 9.81. The van der Waals surface area contributed by atoms with Gasteiger partial charge in [-0.15, -0.1) is 11.3 Å². The van der Waals surface area contributed by atoms with Gasteiger partial charge in [0.05, 0.1) is 30.8 Å². The lowest BCUT2D eigenvalue weighted by Crippen LogP contribution is -2.39. The third-order valence-electron chi connectivity index (χ3n) is 4.64. The molecule has 4 rings (SSSR count). The number of carbonyl (C=O) groups excluding carboxylic acids is 1. The van der Waals surface area contributed by atoms with Gasteiger partial charge in [-0.25, -0.2) is 15.0 Å². The van der Waals surface area contributed by atoms with Gasteiger partial charge in [0.15, 0.2) is 5.01 Å². The molecule has 174 valence electrons. The predicted molar refractivity (Wildman–Crippen MR) is 115 cm³/mol. The van der Waals surface area contributed by atoms with E-state index >= 15 is 0 Å². The van der Waals surface area contributed by atoms with Crippen LogP contribution in [0.5, 0.6) is 0 Å². The summed E-state index contributed by atoms with van der Waals surface area (Å²) in [5, 5.41) is 5.89. The molecule has 1 unspecified atom stereocenters. The van der Waals surface area contributed by atoms with Crippen LogP contribution in [0.4, 0.5) is 24.8 Å². The summed E-state index contributed by atoms with van der Waals surface area (Å²) in [6.07, 6.45) is -2.12. The van der Waals surface area contributed by atoms with Crippen molar-refractivity contribution in [3.05, 3.63) is 52.9 Å². The fourth-order valence-corrected chi connectivity index (χ4v) is 3.97. The molecule has 12 heteroatoms. The first kappa shape index (κ1) is 23.1. The molecule has 1 atom stereocenters. The maximum Gasteiger partial charge on any atom is 0.433 e. The normalized spacial score (nSPS) is 16.4. The number of benzene rings is 1. The van der Waals surface area contributed by atoms with E-state index in [1.807, 2.05) is 13.0 Å². The molecule has 1 fully saturated rings. The van der Waals surface area contributed by atoms with Gasteiger partial charge in [0, 0.05) is 24.6 Å². The second-order valence-electron chi connectivity index (χ2n) is 7.28. The summed E-state index contributed by atoms with van der Waals surface area (Å²) < 4.78 is 49.6. The maximum atomic E-state index is 12.9. The molecule has 0 spiro atoms. The average molecular weight is 479 g/mol. The highest BCUT2D eigenvalue weighted by Crippen LogP contribution is 2.31. The number of aryl methyl sites for hydroxylation is 1. The minimum absolute atomic E-state index is 0.167. The molecule has 1 aliphatic heterocycles. The average Bonchev–Trinajstić information content (AvgIpc) is 3.28. The van der Waals surface area contributed by atoms with Gasteiger partial charge in [-0.3, -0.25) is 4.79 Å². The first-order valence-corrected chi connectivity index (χ1v) is 10.8. The topological polar surface area (TPSA) is 98.3 Å². The van der Waals surface area contributed by atoms with Crippen molar-refractivity contribution >= 4 is 28.9 Å². The Morgan fingerprint density at radius 1 is 1.24 bits per heavy atom. The van der Waals surface area contributed by atoms with E-state index in [9.17, 15) is 18.0 Å². The molecule has 1 saturated heterocycles. The number of amides is 1. The van der Waals surface area contributed by atoms with Crippen molar-refractivity contribution < 1.29 is 27.4 Å². The number of hydrogen-bond acceptors (Lipinski definition) is 8. The Labute approximate surface area is 191 Å². The lowest BCUT2D eigenvalue weighted by molar-refractivity contribution is -0.141. The molecule has 0 radical (unpaired) electrons. The van der Waals surface area contributed by atoms with Crippen molar-refractivity contribution in [1.29, 1.82) is 0 Å². The number of nitrogens with zero attached hydrogens (tertiary/aromatic N) is 3. The first-order valence-electron chi connectivity index (χ1n) is 10.0. The van der Waals surface area contributed by atoms with Crippen molar-refractivity contribution in [2.45, 2.75) is 19.2 Å². The number of carbonyl (C=O) groups is 1. The van der Waals surface area contributed by atoms with Crippen molar-refractivity contribution in [2.24, 2.45) is 0 Å². The van der Waals surface area contributed by atoms with E-state index in [-0.39, 0.29) is 18.0 Å². The van der Waals surface area contributed by atoms with E-state index in [0.29, 0.717) is 37.1 Å². The van der Waals surface area contributed by atoms with Crippen LogP contribution in [-0.2, 0) is 15.7 Å². The maximum absolute atomic E-state index is 12.9. The zero-order valence-electron chi connectivity index (χ0n) is 17.5. The minimum atomic E-state index is -4.56. The monoisotopic (exact) mass is 479 g/mol.